The average Bonchev–Trinajstić information content (AvgIpc) is 2.55. The minimum atomic E-state index is -0.661. The van der Waals surface area contributed by atoms with Gasteiger partial charge in [-0.3, -0.25) is 9.59 Å². The SMILES string of the molecule is CCC(Oc1cc(C)ccc1C)C(=O)Nc1ccccc1C(N)=O. The highest BCUT2D eigenvalue weighted by molar-refractivity contribution is 6.04. The van der Waals surface area contributed by atoms with Gasteiger partial charge in [-0.25, -0.2) is 0 Å². The summed E-state index contributed by atoms with van der Waals surface area (Å²) in [7, 11) is 0. The van der Waals surface area contributed by atoms with Crippen molar-refractivity contribution in [3.8, 4) is 5.75 Å². The normalized spacial score (nSPS) is 11.6. The fraction of sp³-hybridized carbons (Fsp3) is 0.263. The molecule has 24 heavy (non-hydrogen) atoms. The van der Waals surface area contributed by atoms with Crippen LogP contribution in [-0.2, 0) is 4.79 Å². The minimum Gasteiger partial charge on any atom is -0.480 e. The number of nitrogens with two attached hydrogens (primary N) is 1. The largest absolute Gasteiger partial charge is 0.480 e. The number of rotatable bonds is 6. The van der Waals surface area contributed by atoms with E-state index in [1.807, 2.05) is 39.0 Å². The smallest absolute Gasteiger partial charge is 0.265 e. The van der Waals surface area contributed by atoms with Gasteiger partial charge in [-0.05, 0) is 49.6 Å². The third-order valence-electron chi connectivity index (χ3n) is 3.73. The summed E-state index contributed by atoms with van der Waals surface area (Å²) in [6, 6.07) is 12.5. The van der Waals surface area contributed by atoms with Crippen molar-refractivity contribution in [1.82, 2.24) is 0 Å². The summed E-state index contributed by atoms with van der Waals surface area (Å²) in [6.07, 6.45) is -0.163. The summed E-state index contributed by atoms with van der Waals surface area (Å²) in [5.41, 5.74) is 8.02. The van der Waals surface area contributed by atoms with Gasteiger partial charge in [0.05, 0.1) is 11.3 Å². The number of benzene rings is 2. The van der Waals surface area contributed by atoms with Gasteiger partial charge in [0, 0.05) is 0 Å². The van der Waals surface area contributed by atoms with Crippen LogP contribution in [-0.4, -0.2) is 17.9 Å². The summed E-state index contributed by atoms with van der Waals surface area (Å²) in [5.74, 6) is -0.221. The summed E-state index contributed by atoms with van der Waals surface area (Å²) in [6.45, 7) is 5.77. The number of anilines is 1. The van der Waals surface area contributed by atoms with E-state index < -0.39 is 12.0 Å². The molecule has 1 atom stereocenters. The van der Waals surface area contributed by atoms with Crippen LogP contribution >= 0.6 is 0 Å². The van der Waals surface area contributed by atoms with Gasteiger partial charge < -0.3 is 15.8 Å². The number of hydrogen-bond donors (Lipinski definition) is 2. The zero-order valence-electron chi connectivity index (χ0n) is 14.1. The van der Waals surface area contributed by atoms with E-state index in [1.54, 1.807) is 24.3 Å². The quantitative estimate of drug-likeness (QED) is 0.855. The Morgan fingerprint density at radius 2 is 1.88 bits per heavy atom. The number of ether oxygens (including phenoxy) is 1. The maximum absolute atomic E-state index is 12.5. The summed E-state index contributed by atoms with van der Waals surface area (Å²) < 4.78 is 5.88. The van der Waals surface area contributed by atoms with Gasteiger partial charge in [-0.15, -0.1) is 0 Å². The van der Waals surface area contributed by atoms with Crippen molar-refractivity contribution >= 4 is 17.5 Å². The van der Waals surface area contributed by atoms with Gasteiger partial charge in [-0.1, -0.05) is 31.2 Å². The topological polar surface area (TPSA) is 81.4 Å². The van der Waals surface area contributed by atoms with Crippen LogP contribution in [0.2, 0.25) is 0 Å². The van der Waals surface area contributed by atoms with Crippen molar-refractivity contribution < 1.29 is 14.3 Å². The number of carbonyl (C=O) groups is 2. The van der Waals surface area contributed by atoms with Crippen LogP contribution < -0.4 is 15.8 Å². The lowest BCUT2D eigenvalue weighted by molar-refractivity contribution is -0.122. The lowest BCUT2D eigenvalue weighted by Crippen LogP contribution is -2.33. The summed E-state index contributed by atoms with van der Waals surface area (Å²) >= 11 is 0. The molecular formula is C19H22N2O3. The van der Waals surface area contributed by atoms with Gasteiger partial charge in [-0.2, -0.15) is 0 Å². The fourth-order valence-corrected chi connectivity index (χ4v) is 2.33. The first-order valence-corrected chi connectivity index (χ1v) is 7.86. The first-order chi connectivity index (χ1) is 11.4. The monoisotopic (exact) mass is 326 g/mol. The number of amides is 2. The molecule has 0 saturated heterocycles. The Morgan fingerprint density at radius 3 is 2.54 bits per heavy atom. The van der Waals surface area contributed by atoms with E-state index in [0.717, 1.165) is 11.1 Å². The second kappa shape index (κ2) is 7.64. The molecule has 5 nitrogen and oxygen atoms in total. The Labute approximate surface area is 141 Å². The first-order valence-electron chi connectivity index (χ1n) is 7.86. The number of carbonyl (C=O) groups excluding carboxylic acids is 2. The fourth-order valence-electron chi connectivity index (χ4n) is 2.33. The molecular weight excluding hydrogens is 304 g/mol. The molecule has 2 aromatic carbocycles. The van der Waals surface area contributed by atoms with E-state index in [-0.39, 0.29) is 11.5 Å². The van der Waals surface area contributed by atoms with Crippen LogP contribution in [0.3, 0.4) is 0 Å². The van der Waals surface area contributed by atoms with Crippen LogP contribution in [0.1, 0.15) is 34.8 Å². The third-order valence-corrected chi connectivity index (χ3v) is 3.73. The maximum Gasteiger partial charge on any atom is 0.265 e. The van der Waals surface area contributed by atoms with E-state index >= 15 is 0 Å². The zero-order valence-corrected chi connectivity index (χ0v) is 14.1. The molecule has 2 aromatic rings. The molecule has 0 fully saturated rings. The predicted octanol–water partition coefficient (Wildman–Crippen LogP) is 3.20. The van der Waals surface area contributed by atoms with Gasteiger partial charge in [0.15, 0.2) is 6.10 Å². The van der Waals surface area contributed by atoms with Gasteiger partial charge in [0.25, 0.3) is 11.8 Å². The molecule has 0 aliphatic heterocycles. The lowest BCUT2D eigenvalue weighted by Gasteiger charge is -2.19. The molecule has 3 N–H and O–H groups in total. The Balaban J connectivity index is 2.18. The number of para-hydroxylation sites is 1. The number of nitrogens with one attached hydrogen (secondary N) is 1. The van der Waals surface area contributed by atoms with Crippen molar-refractivity contribution in [1.29, 1.82) is 0 Å². The lowest BCUT2D eigenvalue weighted by atomic mass is 10.1. The molecule has 0 spiro atoms. The molecule has 2 amide bonds. The van der Waals surface area contributed by atoms with Crippen LogP contribution in [0, 0.1) is 13.8 Å². The van der Waals surface area contributed by atoms with Gasteiger partial charge >= 0.3 is 0 Å². The molecule has 0 heterocycles. The highest BCUT2D eigenvalue weighted by Gasteiger charge is 2.21. The molecule has 0 bridgehead atoms. The molecule has 0 aliphatic carbocycles. The summed E-state index contributed by atoms with van der Waals surface area (Å²) in [4.78, 5) is 24.0. The number of primary amides is 1. The molecule has 5 heteroatoms. The average molecular weight is 326 g/mol. The van der Waals surface area contributed by atoms with Gasteiger partial charge in [0.1, 0.15) is 5.75 Å². The van der Waals surface area contributed by atoms with Crippen molar-refractivity contribution in [2.24, 2.45) is 5.73 Å². The zero-order chi connectivity index (χ0) is 17.7. The van der Waals surface area contributed by atoms with Crippen LogP contribution in [0.25, 0.3) is 0 Å². The number of aryl methyl sites for hydroxylation is 2. The standard InChI is InChI=1S/C19H22N2O3/c1-4-16(24-17-11-12(2)9-10-13(17)3)19(23)21-15-8-6-5-7-14(15)18(20)22/h5-11,16H,4H2,1-3H3,(H2,20,22)(H,21,23). The third kappa shape index (κ3) is 4.13. The van der Waals surface area contributed by atoms with E-state index in [9.17, 15) is 9.59 Å². The highest BCUT2D eigenvalue weighted by Crippen LogP contribution is 2.22. The number of hydrogen-bond acceptors (Lipinski definition) is 3. The Bertz CT molecular complexity index is 756. The van der Waals surface area contributed by atoms with E-state index in [4.69, 9.17) is 10.5 Å². The van der Waals surface area contributed by atoms with Gasteiger partial charge in [0.2, 0.25) is 0 Å². The molecule has 126 valence electrons. The van der Waals surface area contributed by atoms with E-state index in [0.29, 0.717) is 17.9 Å². The van der Waals surface area contributed by atoms with Crippen molar-refractivity contribution in [3.05, 3.63) is 59.2 Å². The second-order valence-corrected chi connectivity index (χ2v) is 5.68. The molecule has 2 rings (SSSR count). The van der Waals surface area contributed by atoms with E-state index in [2.05, 4.69) is 5.32 Å². The van der Waals surface area contributed by atoms with Crippen molar-refractivity contribution in [3.63, 3.8) is 0 Å². The summed E-state index contributed by atoms with van der Waals surface area (Å²) in [5, 5.41) is 2.73. The molecule has 1 unspecified atom stereocenters. The molecule has 0 aromatic heterocycles. The first kappa shape index (κ1) is 17.5. The second-order valence-electron chi connectivity index (χ2n) is 5.68. The predicted molar refractivity (Wildman–Crippen MR) is 94.2 cm³/mol. The van der Waals surface area contributed by atoms with Crippen LogP contribution in [0.4, 0.5) is 5.69 Å². The Kier molecular flexibility index (Phi) is 5.58. The Hall–Kier alpha value is -2.82. The molecule has 0 aliphatic rings. The Morgan fingerprint density at radius 1 is 1.17 bits per heavy atom. The highest BCUT2D eigenvalue weighted by atomic mass is 16.5. The van der Waals surface area contributed by atoms with Crippen LogP contribution in [0.15, 0.2) is 42.5 Å². The van der Waals surface area contributed by atoms with E-state index in [1.165, 1.54) is 0 Å². The molecule has 0 radical (unpaired) electrons. The van der Waals surface area contributed by atoms with Crippen molar-refractivity contribution in [2.75, 3.05) is 5.32 Å². The van der Waals surface area contributed by atoms with Crippen LogP contribution in [0.5, 0.6) is 5.75 Å². The maximum atomic E-state index is 12.5. The van der Waals surface area contributed by atoms with Crippen molar-refractivity contribution in [2.45, 2.75) is 33.3 Å². The molecule has 0 saturated carbocycles. The minimum absolute atomic E-state index is 0.271.